The summed E-state index contributed by atoms with van der Waals surface area (Å²) in [7, 11) is 1.38. The second kappa shape index (κ2) is 12.6. The molecule has 4 N–H and O–H groups in total. The van der Waals surface area contributed by atoms with Gasteiger partial charge in [-0.25, -0.2) is 9.59 Å². The van der Waals surface area contributed by atoms with E-state index < -0.39 is 59.9 Å². The predicted molar refractivity (Wildman–Crippen MR) is 161 cm³/mol. The molecule has 5 rings (SSSR count). The maximum atomic E-state index is 13.1. The molecule has 0 spiro atoms. The first kappa shape index (κ1) is 31.5. The van der Waals surface area contributed by atoms with Crippen LogP contribution in [0.3, 0.4) is 0 Å². The highest BCUT2D eigenvalue weighted by molar-refractivity contribution is 5.99. The normalized spacial score (nSPS) is 20.8. The van der Waals surface area contributed by atoms with Gasteiger partial charge in [0.2, 0.25) is 6.29 Å². The van der Waals surface area contributed by atoms with Gasteiger partial charge in [-0.3, -0.25) is 4.79 Å². The number of fused-ring (bicyclic) bond motifs is 1. The summed E-state index contributed by atoms with van der Waals surface area (Å²) in [6.45, 7) is 4.92. The third-order valence-electron chi connectivity index (χ3n) is 7.60. The van der Waals surface area contributed by atoms with Crippen LogP contribution in [0.1, 0.15) is 35.3 Å². The van der Waals surface area contributed by atoms with Crippen molar-refractivity contribution in [3.8, 4) is 23.0 Å². The van der Waals surface area contributed by atoms with Gasteiger partial charge in [0.05, 0.1) is 16.6 Å². The Morgan fingerprint density at radius 3 is 2.31 bits per heavy atom. The zero-order valence-electron chi connectivity index (χ0n) is 25.0. The molecule has 1 aromatic heterocycles. The lowest BCUT2D eigenvalue weighted by Crippen LogP contribution is -2.65. The van der Waals surface area contributed by atoms with E-state index in [2.05, 4.69) is 0 Å². The van der Waals surface area contributed by atoms with Gasteiger partial charge in [0.15, 0.2) is 18.0 Å². The molecule has 12 nitrogen and oxygen atoms in total. The number of ketones is 1. The highest BCUT2D eigenvalue weighted by atomic mass is 16.7. The number of aliphatic hydroxyl groups excluding tert-OH is 1. The number of hydrogen-bond donors (Lipinski definition) is 3. The third-order valence-corrected chi connectivity index (χ3v) is 7.60. The lowest BCUT2D eigenvalue weighted by atomic mass is 9.89. The van der Waals surface area contributed by atoms with Crippen LogP contribution in [0.2, 0.25) is 0 Å². The van der Waals surface area contributed by atoms with Gasteiger partial charge >= 0.3 is 11.7 Å². The molecule has 0 radical (unpaired) electrons. The van der Waals surface area contributed by atoms with Crippen molar-refractivity contribution in [3.05, 3.63) is 93.8 Å². The zero-order valence-corrected chi connectivity index (χ0v) is 25.0. The lowest BCUT2D eigenvalue weighted by Gasteiger charge is -2.47. The second-order valence-corrected chi connectivity index (χ2v) is 11.1. The van der Waals surface area contributed by atoms with E-state index in [-0.39, 0.29) is 22.3 Å². The van der Waals surface area contributed by atoms with Crippen LogP contribution in [-0.4, -0.2) is 59.4 Å². The topological polar surface area (TPSA) is 177 Å². The standard InChI is InChI=1S/C33H33NO11/c1-17-24(42-31-26(37)28(44-32(34)39)29(40-4)33(2,3)45-31)15-14-21-25(36)22(30(38)43-27(17)21)16-23(35)18-10-12-20(13-11-18)41-19-8-6-5-7-9-19/h5-15,26,28-29,31,36-37H,16H2,1-4H3,(H2,34,39)/t26-,28+,29-,31-/m1/s1. The van der Waals surface area contributed by atoms with Crippen LogP contribution in [0, 0.1) is 6.92 Å². The van der Waals surface area contributed by atoms with Gasteiger partial charge in [0, 0.05) is 24.7 Å². The van der Waals surface area contributed by atoms with E-state index in [0.29, 0.717) is 22.6 Å². The summed E-state index contributed by atoms with van der Waals surface area (Å²) in [5, 5.41) is 22.2. The minimum Gasteiger partial charge on any atom is -0.507 e. The van der Waals surface area contributed by atoms with Crippen molar-refractivity contribution < 1.29 is 47.9 Å². The maximum absolute atomic E-state index is 13.1. The largest absolute Gasteiger partial charge is 0.507 e. The number of methoxy groups -OCH3 is 1. The molecule has 0 bridgehead atoms. The van der Waals surface area contributed by atoms with Gasteiger partial charge in [-0.2, -0.15) is 0 Å². The van der Waals surface area contributed by atoms with Crippen molar-refractivity contribution in [1.82, 2.24) is 0 Å². The van der Waals surface area contributed by atoms with Gasteiger partial charge in [-0.05, 0) is 69.3 Å². The molecule has 1 amide bonds. The van der Waals surface area contributed by atoms with E-state index in [0.717, 1.165) is 0 Å². The summed E-state index contributed by atoms with van der Waals surface area (Å²) in [6, 6.07) is 18.5. The highest BCUT2D eigenvalue weighted by Crippen LogP contribution is 2.38. The van der Waals surface area contributed by atoms with Crippen LogP contribution in [0.5, 0.6) is 23.0 Å². The van der Waals surface area contributed by atoms with Crippen molar-refractivity contribution in [1.29, 1.82) is 0 Å². The molecule has 1 fully saturated rings. The van der Waals surface area contributed by atoms with Crippen molar-refractivity contribution in [2.24, 2.45) is 5.73 Å². The van der Waals surface area contributed by atoms with Gasteiger partial charge in [0.1, 0.15) is 34.7 Å². The predicted octanol–water partition coefficient (Wildman–Crippen LogP) is 4.38. The fourth-order valence-electron chi connectivity index (χ4n) is 5.35. The van der Waals surface area contributed by atoms with E-state index in [9.17, 15) is 24.6 Å². The van der Waals surface area contributed by atoms with Crippen LogP contribution in [0.15, 0.2) is 75.9 Å². The van der Waals surface area contributed by atoms with Crippen LogP contribution < -0.4 is 20.8 Å². The Hall–Kier alpha value is -4.91. The second-order valence-electron chi connectivity index (χ2n) is 11.1. The van der Waals surface area contributed by atoms with E-state index in [1.807, 2.05) is 18.2 Å². The van der Waals surface area contributed by atoms with Crippen LogP contribution in [0.4, 0.5) is 4.79 Å². The van der Waals surface area contributed by atoms with Crippen LogP contribution >= 0.6 is 0 Å². The fraction of sp³-hybridized carbons (Fsp3) is 0.303. The van der Waals surface area contributed by atoms with Gasteiger partial charge in [0.25, 0.3) is 0 Å². The molecule has 1 aliphatic rings. The summed E-state index contributed by atoms with van der Waals surface area (Å²) >= 11 is 0. The number of Topliss-reactive ketones (excluding diaryl/α,β-unsaturated/α-hetero) is 1. The summed E-state index contributed by atoms with van der Waals surface area (Å²) < 4.78 is 33.7. The van der Waals surface area contributed by atoms with Crippen LogP contribution in [-0.2, 0) is 20.6 Å². The third kappa shape index (κ3) is 6.48. The average molecular weight is 620 g/mol. The number of amides is 1. The SMILES string of the molecule is CO[C@@H]1[C@@H](OC(N)=O)[C@@H](O)[C@H](Oc2ccc3c(O)c(CC(=O)c4ccc(Oc5ccccc5)cc4)c(=O)oc3c2C)OC1(C)C. The monoisotopic (exact) mass is 619 g/mol. The molecule has 0 saturated carbocycles. The minimum absolute atomic E-state index is 0.0119. The molecule has 1 aliphatic heterocycles. The smallest absolute Gasteiger partial charge is 0.404 e. The minimum atomic E-state index is -1.50. The zero-order chi connectivity index (χ0) is 32.5. The first-order valence-corrected chi connectivity index (χ1v) is 14.1. The highest BCUT2D eigenvalue weighted by Gasteiger charge is 2.53. The Balaban J connectivity index is 1.37. The number of benzene rings is 3. The molecule has 0 unspecified atom stereocenters. The lowest BCUT2D eigenvalue weighted by molar-refractivity contribution is -0.304. The Labute approximate surface area is 257 Å². The van der Waals surface area contributed by atoms with Crippen molar-refractivity contribution in [2.45, 2.75) is 57.4 Å². The Morgan fingerprint density at radius 1 is 1.00 bits per heavy atom. The summed E-state index contributed by atoms with van der Waals surface area (Å²) in [5.74, 6) is 0.518. The number of carbonyl (C=O) groups is 2. The molecular weight excluding hydrogens is 586 g/mol. The number of nitrogens with two attached hydrogens (primary N) is 1. The van der Waals surface area contributed by atoms with E-state index in [1.54, 1.807) is 57.2 Å². The van der Waals surface area contributed by atoms with Crippen molar-refractivity contribution in [2.75, 3.05) is 7.11 Å². The fourth-order valence-corrected chi connectivity index (χ4v) is 5.35. The molecule has 236 valence electrons. The molecule has 0 aliphatic carbocycles. The van der Waals surface area contributed by atoms with Gasteiger partial charge in [-0.1, -0.05) is 18.2 Å². The summed E-state index contributed by atoms with van der Waals surface area (Å²) in [5.41, 5.74) is 3.67. The number of para-hydroxylation sites is 1. The number of carbonyl (C=O) groups excluding carboxylic acids is 2. The van der Waals surface area contributed by atoms with E-state index in [1.165, 1.54) is 19.2 Å². The maximum Gasteiger partial charge on any atom is 0.404 e. The van der Waals surface area contributed by atoms with Crippen molar-refractivity contribution >= 4 is 22.8 Å². The molecule has 3 aromatic carbocycles. The molecule has 4 aromatic rings. The Morgan fingerprint density at radius 2 is 1.67 bits per heavy atom. The molecule has 45 heavy (non-hydrogen) atoms. The number of aliphatic hydroxyl groups is 1. The molecule has 12 heteroatoms. The number of rotatable bonds is 9. The number of ether oxygens (including phenoxy) is 5. The first-order chi connectivity index (χ1) is 21.4. The van der Waals surface area contributed by atoms with Gasteiger partial charge in [-0.15, -0.1) is 0 Å². The van der Waals surface area contributed by atoms with E-state index in [4.69, 9.17) is 33.8 Å². The van der Waals surface area contributed by atoms with Gasteiger partial charge < -0.3 is 44.0 Å². The Kier molecular flexibility index (Phi) is 8.82. The molecule has 4 atom stereocenters. The molecule has 2 heterocycles. The number of aryl methyl sites for hydroxylation is 1. The number of hydrogen-bond acceptors (Lipinski definition) is 11. The van der Waals surface area contributed by atoms with Crippen molar-refractivity contribution in [3.63, 3.8) is 0 Å². The quantitative estimate of drug-likeness (QED) is 0.179. The number of primary amides is 1. The summed E-state index contributed by atoms with van der Waals surface area (Å²) in [6.07, 6.45) is -6.43. The Bertz CT molecular complexity index is 1770. The van der Waals surface area contributed by atoms with Crippen LogP contribution in [0.25, 0.3) is 11.0 Å². The summed E-state index contributed by atoms with van der Waals surface area (Å²) in [4.78, 5) is 37.6. The number of aromatic hydroxyl groups is 1. The average Bonchev–Trinajstić information content (AvgIpc) is 3.00. The molecular formula is C33H33NO11. The molecule has 1 saturated heterocycles. The van der Waals surface area contributed by atoms with E-state index >= 15 is 0 Å². The first-order valence-electron chi connectivity index (χ1n) is 14.1.